The molecule has 2 N–H and O–H groups in total. The van der Waals surface area contributed by atoms with Crippen molar-refractivity contribution >= 4 is 12.7 Å². The zero-order chi connectivity index (χ0) is 10.8. The minimum Gasteiger partial charge on any atom is -0.422 e. The summed E-state index contributed by atoms with van der Waals surface area (Å²) in [7, 11) is -1.51. The van der Waals surface area contributed by atoms with Gasteiger partial charge in [0.15, 0.2) is 0 Å². The molecule has 0 bridgehead atoms. The normalized spacial score (nSPS) is 10.3. The maximum absolute atomic E-state index is 9.17. The van der Waals surface area contributed by atoms with E-state index in [1.54, 1.807) is 6.07 Å². The van der Waals surface area contributed by atoms with Crippen LogP contribution in [0.2, 0.25) is 0 Å². The number of nitrogens with zero attached hydrogens (tertiary/aromatic N) is 2. The highest BCUT2D eigenvalue weighted by atomic mass is 16.4. The fourth-order valence-corrected chi connectivity index (χ4v) is 1.48. The lowest BCUT2D eigenvalue weighted by Crippen LogP contribution is -2.35. The largest absolute Gasteiger partial charge is 0.508 e. The molecular formula is C10H11BN2O2. The van der Waals surface area contributed by atoms with Gasteiger partial charge in [-0.15, -0.1) is 0 Å². The minimum atomic E-state index is -1.51. The first-order valence-corrected chi connectivity index (χ1v) is 4.66. The summed E-state index contributed by atoms with van der Waals surface area (Å²) in [4.78, 5) is 0. The highest BCUT2D eigenvalue weighted by Gasteiger charge is 2.18. The van der Waals surface area contributed by atoms with E-state index in [0.29, 0.717) is 5.59 Å². The predicted octanol–water partition coefficient (Wildman–Crippen LogP) is -0.139. The molecule has 0 aliphatic carbocycles. The van der Waals surface area contributed by atoms with E-state index < -0.39 is 7.12 Å². The van der Waals surface area contributed by atoms with E-state index in [2.05, 4.69) is 5.10 Å². The Morgan fingerprint density at radius 2 is 1.87 bits per heavy atom. The molecule has 0 radical (unpaired) electrons. The lowest BCUT2D eigenvalue weighted by Gasteiger charge is -2.05. The average Bonchev–Trinajstić information content (AvgIpc) is 2.62. The van der Waals surface area contributed by atoms with Crippen LogP contribution in [0.3, 0.4) is 0 Å². The van der Waals surface area contributed by atoms with E-state index in [9.17, 15) is 10.0 Å². The standard InChI is InChI=1S/C10H11BN2O2/c1-8-7-10(11(14)15)13(12-8)9-5-3-2-4-6-9/h2-7,14-15H,1H3. The van der Waals surface area contributed by atoms with Crippen molar-refractivity contribution in [2.24, 2.45) is 0 Å². The van der Waals surface area contributed by atoms with Crippen LogP contribution in [0, 0.1) is 6.92 Å². The lowest BCUT2D eigenvalue weighted by molar-refractivity contribution is 0.423. The summed E-state index contributed by atoms with van der Waals surface area (Å²) in [5, 5.41) is 22.5. The van der Waals surface area contributed by atoms with Gasteiger partial charge in [0.1, 0.15) is 0 Å². The van der Waals surface area contributed by atoms with Crippen molar-refractivity contribution in [3.63, 3.8) is 0 Å². The van der Waals surface area contributed by atoms with Crippen molar-refractivity contribution in [1.82, 2.24) is 9.78 Å². The molecule has 0 unspecified atom stereocenters. The first-order valence-electron chi connectivity index (χ1n) is 4.66. The molecule has 0 aliphatic heterocycles. The first-order chi connectivity index (χ1) is 7.18. The molecule has 1 aromatic heterocycles. The van der Waals surface area contributed by atoms with Gasteiger partial charge in [0.05, 0.1) is 17.0 Å². The summed E-state index contributed by atoms with van der Waals surface area (Å²) in [5.41, 5.74) is 1.94. The Balaban J connectivity index is 2.53. The van der Waals surface area contributed by atoms with Gasteiger partial charge < -0.3 is 10.0 Å². The van der Waals surface area contributed by atoms with Crippen molar-refractivity contribution in [3.05, 3.63) is 42.1 Å². The van der Waals surface area contributed by atoms with Gasteiger partial charge in [-0.05, 0) is 25.1 Å². The number of benzene rings is 1. The Morgan fingerprint density at radius 3 is 2.47 bits per heavy atom. The van der Waals surface area contributed by atoms with Crippen LogP contribution < -0.4 is 5.59 Å². The molecule has 4 nitrogen and oxygen atoms in total. The van der Waals surface area contributed by atoms with E-state index in [0.717, 1.165) is 11.4 Å². The van der Waals surface area contributed by atoms with Crippen LogP contribution in [0.15, 0.2) is 36.4 Å². The second-order valence-electron chi connectivity index (χ2n) is 3.33. The Kier molecular flexibility index (Phi) is 2.57. The molecular weight excluding hydrogens is 191 g/mol. The fourth-order valence-electron chi connectivity index (χ4n) is 1.48. The molecule has 0 spiro atoms. The van der Waals surface area contributed by atoms with Crippen LogP contribution in [0.1, 0.15) is 5.69 Å². The summed E-state index contributed by atoms with van der Waals surface area (Å²) in [6.07, 6.45) is 0. The van der Waals surface area contributed by atoms with Crippen LogP contribution in [0.4, 0.5) is 0 Å². The van der Waals surface area contributed by atoms with Gasteiger partial charge in [0.2, 0.25) is 0 Å². The van der Waals surface area contributed by atoms with Gasteiger partial charge in [0, 0.05) is 0 Å². The average molecular weight is 202 g/mol. The molecule has 5 heteroatoms. The second kappa shape index (κ2) is 3.88. The molecule has 0 aliphatic rings. The van der Waals surface area contributed by atoms with Gasteiger partial charge >= 0.3 is 7.12 Å². The molecule has 0 saturated carbocycles. The molecule has 1 heterocycles. The Labute approximate surface area is 87.9 Å². The van der Waals surface area contributed by atoms with Crippen molar-refractivity contribution in [3.8, 4) is 5.69 Å². The minimum absolute atomic E-state index is 0.374. The number of aryl methyl sites for hydroxylation is 1. The van der Waals surface area contributed by atoms with E-state index in [1.165, 1.54) is 4.68 Å². The van der Waals surface area contributed by atoms with Crippen LogP contribution in [-0.4, -0.2) is 26.9 Å². The van der Waals surface area contributed by atoms with Crippen LogP contribution in [-0.2, 0) is 0 Å². The van der Waals surface area contributed by atoms with Crippen molar-refractivity contribution in [2.75, 3.05) is 0 Å². The first kappa shape index (κ1) is 9.95. The van der Waals surface area contributed by atoms with Crippen LogP contribution >= 0.6 is 0 Å². The molecule has 0 fully saturated rings. The number of aromatic nitrogens is 2. The summed E-state index contributed by atoms with van der Waals surface area (Å²) < 4.78 is 1.53. The molecule has 1 aromatic carbocycles. The maximum atomic E-state index is 9.17. The second-order valence-corrected chi connectivity index (χ2v) is 3.33. The van der Waals surface area contributed by atoms with Crippen LogP contribution in [0.25, 0.3) is 5.69 Å². The highest BCUT2D eigenvalue weighted by molar-refractivity contribution is 6.57. The molecule has 2 aromatic rings. The zero-order valence-electron chi connectivity index (χ0n) is 8.33. The molecule has 0 atom stereocenters. The van der Waals surface area contributed by atoms with E-state index in [4.69, 9.17) is 0 Å². The van der Waals surface area contributed by atoms with Gasteiger partial charge in [-0.2, -0.15) is 5.10 Å². The Bertz CT molecular complexity index is 454. The number of hydrogen-bond acceptors (Lipinski definition) is 3. The van der Waals surface area contributed by atoms with Crippen molar-refractivity contribution in [2.45, 2.75) is 6.92 Å². The monoisotopic (exact) mass is 202 g/mol. The number of hydrogen-bond donors (Lipinski definition) is 2. The molecule has 15 heavy (non-hydrogen) atoms. The molecule has 0 saturated heterocycles. The smallest absolute Gasteiger partial charge is 0.422 e. The summed E-state index contributed by atoms with van der Waals surface area (Å²) in [5.74, 6) is 0. The van der Waals surface area contributed by atoms with Crippen LogP contribution in [0.5, 0.6) is 0 Å². The highest BCUT2D eigenvalue weighted by Crippen LogP contribution is 2.05. The zero-order valence-corrected chi connectivity index (χ0v) is 8.33. The number of para-hydroxylation sites is 1. The maximum Gasteiger partial charge on any atom is 0.508 e. The lowest BCUT2D eigenvalue weighted by atomic mass is 9.86. The number of rotatable bonds is 2. The molecule has 0 amide bonds. The van der Waals surface area contributed by atoms with E-state index in [1.807, 2.05) is 37.3 Å². The third-order valence-corrected chi connectivity index (χ3v) is 2.12. The van der Waals surface area contributed by atoms with Crippen molar-refractivity contribution in [1.29, 1.82) is 0 Å². The third-order valence-electron chi connectivity index (χ3n) is 2.12. The Hall–Kier alpha value is -1.59. The predicted molar refractivity (Wildman–Crippen MR) is 58.1 cm³/mol. The van der Waals surface area contributed by atoms with E-state index >= 15 is 0 Å². The quantitative estimate of drug-likeness (QED) is 0.666. The van der Waals surface area contributed by atoms with Gasteiger partial charge in [0.25, 0.3) is 0 Å². The molecule has 76 valence electrons. The Morgan fingerprint density at radius 1 is 1.20 bits per heavy atom. The van der Waals surface area contributed by atoms with Crippen molar-refractivity contribution < 1.29 is 10.0 Å². The van der Waals surface area contributed by atoms with E-state index in [-0.39, 0.29) is 0 Å². The van der Waals surface area contributed by atoms with Gasteiger partial charge in [-0.3, -0.25) is 0 Å². The topological polar surface area (TPSA) is 58.3 Å². The third kappa shape index (κ3) is 1.93. The van der Waals surface area contributed by atoms with Gasteiger partial charge in [-0.1, -0.05) is 18.2 Å². The summed E-state index contributed by atoms with van der Waals surface area (Å²) in [6, 6.07) is 11.0. The summed E-state index contributed by atoms with van der Waals surface area (Å²) in [6.45, 7) is 1.81. The summed E-state index contributed by atoms with van der Waals surface area (Å²) >= 11 is 0. The SMILES string of the molecule is Cc1cc(B(O)O)n(-c2ccccc2)n1. The van der Waals surface area contributed by atoms with Gasteiger partial charge in [-0.25, -0.2) is 4.68 Å². The fraction of sp³-hybridized carbons (Fsp3) is 0.100. The molecule has 2 rings (SSSR count).